The maximum absolute atomic E-state index is 12.2. The highest BCUT2D eigenvalue weighted by atomic mass is 16.5. The van der Waals surface area contributed by atoms with Crippen molar-refractivity contribution in [3.05, 3.63) is 35.4 Å². The minimum Gasteiger partial charge on any atom is -0.453 e. The molecule has 9 heteroatoms. The number of hydrogen-bond acceptors (Lipinski definition) is 6. The van der Waals surface area contributed by atoms with Crippen molar-refractivity contribution in [3.8, 4) is 0 Å². The molecule has 1 saturated heterocycles. The lowest BCUT2D eigenvalue weighted by atomic mass is 10.1. The molecule has 0 aliphatic carbocycles. The van der Waals surface area contributed by atoms with Crippen LogP contribution in [0.3, 0.4) is 0 Å². The average Bonchev–Trinajstić information content (AvgIpc) is 2.93. The minimum atomic E-state index is -0.440. The molecular weight excluding hydrogens is 352 g/mol. The molecule has 0 unspecified atom stereocenters. The minimum absolute atomic E-state index is 0.289. The van der Waals surface area contributed by atoms with Gasteiger partial charge in [0.15, 0.2) is 0 Å². The van der Waals surface area contributed by atoms with Crippen LogP contribution < -0.4 is 5.32 Å². The van der Waals surface area contributed by atoms with E-state index in [2.05, 4.69) is 10.2 Å². The summed E-state index contributed by atoms with van der Waals surface area (Å²) in [6, 6.07) is 6.55. The van der Waals surface area contributed by atoms with Crippen LogP contribution in [0.4, 0.5) is 4.79 Å². The summed E-state index contributed by atoms with van der Waals surface area (Å²) in [7, 11) is 1.36. The number of nitrogens with one attached hydrogen (secondary N) is 1. The summed E-state index contributed by atoms with van der Waals surface area (Å²) in [5, 5.41) is 2.74. The Bertz CT molecular complexity index is 723. The molecule has 2 heterocycles. The number of carbonyl (C=O) groups excluding carboxylic acids is 4. The van der Waals surface area contributed by atoms with E-state index < -0.39 is 11.8 Å². The molecule has 27 heavy (non-hydrogen) atoms. The van der Waals surface area contributed by atoms with Crippen molar-refractivity contribution in [1.29, 1.82) is 0 Å². The summed E-state index contributed by atoms with van der Waals surface area (Å²) in [4.78, 5) is 52.8. The molecule has 1 aromatic rings. The van der Waals surface area contributed by atoms with Gasteiger partial charge >= 0.3 is 6.09 Å². The van der Waals surface area contributed by atoms with Gasteiger partial charge in [0.1, 0.15) is 6.54 Å². The fraction of sp³-hybridized carbons (Fsp3) is 0.444. The topological polar surface area (TPSA) is 99.3 Å². The van der Waals surface area contributed by atoms with Crippen LogP contribution in [-0.4, -0.2) is 91.4 Å². The van der Waals surface area contributed by atoms with Gasteiger partial charge in [-0.05, 0) is 12.1 Å². The molecule has 0 radical (unpaired) electrons. The zero-order valence-corrected chi connectivity index (χ0v) is 15.1. The summed E-state index contributed by atoms with van der Waals surface area (Å²) in [6.07, 6.45) is -0.330. The first-order chi connectivity index (χ1) is 13.0. The molecule has 4 amide bonds. The highest BCUT2D eigenvalue weighted by Crippen LogP contribution is 2.21. The number of rotatable bonds is 5. The zero-order chi connectivity index (χ0) is 19.4. The van der Waals surface area contributed by atoms with E-state index in [9.17, 15) is 19.2 Å². The van der Waals surface area contributed by atoms with Gasteiger partial charge in [0.05, 0.1) is 18.2 Å². The van der Waals surface area contributed by atoms with Crippen molar-refractivity contribution in [2.45, 2.75) is 0 Å². The molecule has 0 atom stereocenters. The number of hydrogen-bond donors (Lipinski definition) is 1. The van der Waals surface area contributed by atoms with E-state index in [4.69, 9.17) is 4.74 Å². The van der Waals surface area contributed by atoms with Crippen molar-refractivity contribution >= 4 is 23.8 Å². The molecule has 0 saturated carbocycles. The van der Waals surface area contributed by atoms with Crippen molar-refractivity contribution in [2.24, 2.45) is 0 Å². The van der Waals surface area contributed by atoms with Crippen LogP contribution in [0.15, 0.2) is 24.3 Å². The molecule has 2 aliphatic heterocycles. The second kappa shape index (κ2) is 8.17. The summed E-state index contributed by atoms with van der Waals surface area (Å²) in [6.45, 7) is 3.30. The SMILES string of the molecule is COC(=O)N1CCN(CCNC(=O)CN2C(=O)c3ccccc3C2=O)CC1. The van der Waals surface area contributed by atoms with E-state index in [1.165, 1.54) is 7.11 Å². The van der Waals surface area contributed by atoms with E-state index >= 15 is 0 Å². The summed E-state index contributed by atoms with van der Waals surface area (Å²) in [5.74, 6) is -1.26. The number of nitrogens with zero attached hydrogens (tertiary/aromatic N) is 3. The van der Waals surface area contributed by atoms with Gasteiger partial charge in [0.25, 0.3) is 11.8 Å². The zero-order valence-electron chi connectivity index (χ0n) is 15.1. The van der Waals surface area contributed by atoms with Gasteiger partial charge in [-0.1, -0.05) is 12.1 Å². The Morgan fingerprint density at radius 3 is 2.19 bits per heavy atom. The number of imide groups is 1. The second-order valence-corrected chi connectivity index (χ2v) is 6.39. The van der Waals surface area contributed by atoms with Crippen molar-refractivity contribution in [2.75, 3.05) is 52.9 Å². The highest BCUT2D eigenvalue weighted by Gasteiger charge is 2.36. The smallest absolute Gasteiger partial charge is 0.409 e. The lowest BCUT2D eigenvalue weighted by molar-refractivity contribution is -0.121. The van der Waals surface area contributed by atoms with E-state index in [0.29, 0.717) is 50.4 Å². The quantitative estimate of drug-likeness (QED) is 0.716. The lowest BCUT2D eigenvalue weighted by Gasteiger charge is -2.33. The Kier molecular flexibility index (Phi) is 5.70. The number of piperazine rings is 1. The van der Waals surface area contributed by atoms with Crippen LogP contribution in [-0.2, 0) is 9.53 Å². The van der Waals surface area contributed by atoms with Crippen molar-refractivity contribution < 1.29 is 23.9 Å². The van der Waals surface area contributed by atoms with Gasteiger partial charge in [-0.3, -0.25) is 24.2 Å². The average molecular weight is 374 g/mol. The van der Waals surface area contributed by atoms with E-state index in [1.807, 2.05) is 0 Å². The molecule has 0 aromatic heterocycles. The van der Waals surface area contributed by atoms with Crippen LogP contribution in [0.25, 0.3) is 0 Å². The third-order valence-corrected chi connectivity index (χ3v) is 4.74. The van der Waals surface area contributed by atoms with Crippen molar-refractivity contribution in [3.63, 3.8) is 0 Å². The third kappa shape index (κ3) is 4.08. The monoisotopic (exact) mass is 374 g/mol. The summed E-state index contributed by atoms with van der Waals surface area (Å²) < 4.78 is 4.69. The van der Waals surface area contributed by atoms with Crippen LogP contribution >= 0.6 is 0 Å². The standard InChI is InChI=1S/C18H22N4O5/c1-27-18(26)21-10-8-20(9-11-21)7-6-19-15(23)12-22-16(24)13-4-2-3-5-14(13)17(22)25/h2-5H,6-12H2,1H3,(H,19,23). The van der Waals surface area contributed by atoms with Gasteiger partial charge < -0.3 is 15.0 Å². The molecule has 144 valence electrons. The van der Waals surface area contributed by atoms with Crippen LogP contribution in [0.2, 0.25) is 0 Å². The largest absolute Gasteiger partial charge is 0.453 e. The van der Waals surface area contributed by atoms with Crippen LogP contribution in [0, 0.1) is 0 Å². The number of methoxy groups -OCH3 is 1. The Labute approximate surface area is 156 Å². The molecule has 3 rings (SSSR count). The van der Waals surface area contributed by atoms with E-state index in [-0.39, 0.29) is 18.5 Å². The van der Waals surface area contributed by atoms with Crippen molar-refractivity contribution in [1.82, 2.24) is 20.0 Å². The molecule has 0 bridgehead atoms. The van der Waals surface area contributed by atoms with E-state index in [1.54, 1.807) is 29.2 Å². The summed E-state index contributed by atoms with van der Waals surface area (Å²) in [5.41, 5.74) is 0.664. The predicted molar refractivity (Wildman–Crippen MR) is 95.2 cm³/mol. The summed E-state index contributed by atoms with van der Waals surface area (Å²) >= 11 is 0. The molecule has 1 fully saturated rings. The van der Waals surface area contributed by atoms with E-state index in [0.717, 1.165) is 4.90 Å². The first-order valence-corrected chi connectivity index (χ1v) is 8.78. The normalized spacial score (nSPS) is 17.1. The Balaban J connectivity index is 1.41. The molecule has 1 aromatic carbocycles. The van der Waals surface area contributed by atoms with Crippen LogP contribution in [0.1, 0.15) is 20.7 Å². The highest BCUT2D eigenvalue weighted by molar-refractivity contribution is 6.22. The fourth-order valence-corrected chi connectivity index (χ4v) is 3.22. The maximum atomic E-state index is 12.2. The molecule has 0 spiro atoms. The molecule has 9 nitrogen and oxygen atoms in total. The van der Waals surface area contributed by atoms with Gasteiger partial charge in [-0.25, -0.2) is 4.79 Å². The van der Waals surface area contributed by atoms with Gasteiger partial charge in [-0.2, -0.15) is 0 Å². The molecular formula is C18H22N4O5. The number of benzene rings is 1. The number of carbonyl (C=O) groups is 4. The molecule has 1 N–H and O–H groups in total. The first-order valence-electron chi connectivity index (χ1n) is 8.78. The van der Waals surface area contributed by atoms with Gasteiger partial charge in [0, 0.05) is 39.3 Å². The Morgan fingerprint density at radius 1 is 1.04 bits per heavy atom. The molecule has 2 aliphatic rings. The number of fused-ring (bicyclic) bond motifs is 1. The lowest BCUT2D eigenvalue weighted by Crippen LogP contribution is -2.50. The second-order valence-electron chi connectivity index (χ2n) is 6.39. The first kappa shape index (κ1) is 18.8. The Hall–Kier alpha value is -2.94. The number of ether oxygens (including phenoxy) is 1. The number of amides is 4. The Morgan fingerprint density at radius 2 is 1.63 bits per heavy atom. The third-order valence-electron chi connectivity index (χ3n) is 4.74. The van der Waals surface area contributed by atoms with Gasteiger partial charge in [0.2, 0.25) is 5.91 Å². The van der Waals surface area contributed by atoms with Gasteiger partial charge in [-0.15, -0.1) is 0 Å². The van der Waals surface area contributed by atoms with Crippen LogP contribution in [0.5, 0.6) is 0 Å². The maximum Gasteiger partial charge on any atom is 0.409 e. The predicted octanol–water partition coefficient (Wildman–Crippen LogP) is -0.217. The fourth-order valence-electron chi connectivity index (χ4n) is 3.22.